The number of nitrogens with one attached hydrogen (secondary N) is 1. The Kier molecular flexibility index (Phi) is 6.89. The van der Waals surface area contributed by atoms with Crippen LogP contribution in [-0.2, 0) is 20.7 Å². The zero-order valence-electron chi connectivity index (χ0n) is 16.6. The van der Waals surface area contributed by atoms with Crippen molar-refractivity contribution in [3.8, 4) is 23.0 Å². The molecule has 0 saturated carbocycles. The molecule has 0 radical (unpaired) electrons. The third kappa shape index (κ3) is 6.00. The molecule has 0 spiro atoms. The van der Waals surface area contributed by atoms with Gasteiger partial charge < -0.3 is 18.9 Å². The highest BCUT2D eigenvalue weighted by atomic mass is 16.5. The zero-order chi connectivity index (χ0) is 21.3. The molecule has 7 heteroatoms. The Morgan fingerprint density at radius 1 is 0.733 bits per heavy atom. The number of rotatable bonds is 7. The van der Waals surface area contributed by atoms with Crippen LogP contribution in [0, 0.1) is 0 Å². The fourth-order valence-corrected chi connectivity index (χ4v) is 2.56. The van der Waals surface area contributed by atoms with E-state index in [1.54, 1.807) is 42.5 Å². The molecule has 3 rings (SSSR count). The van der Waals surface area contributed by atoms with Crippen LogP contribution in [0.15, 0.2) is 72.8 Å². The number of hydrogen-bond donors (Lipinski definition) is 1. The van der Waals surface area contributed by atoms with E-state index in [-0.39, 0.29) is 12.4 Å². The van der Waals surface area contributed by atoms with Crippen LogP contribution in [0.25, 0.3) is 0 Å². The zero-order valence-corrected chi connectivity index (χ0v) is 16.6. The standard InChI is InChI=1S/C23H21NO6/c1-27-22(25)14-16-6-10-18(11-7-16)29-20-4-3-5-21(15-20)30-19-12-8-17(9-13-19)24-23(26)28-2/h3-13,15H,14H2,1-2H3,(H,24,26). The smallest absolute Gasteiger partial charge is 0.411 e. The van der Waals surface area contributed by atoms with E-state index in [1.165, 1.54) is 14.2 Å². The molecule has 0 aliphatic carbocycles. The van der Waals surface area contributed by atoms with Crippen LogP contribution in [0.2, 0.25) is 0 Å². The summed E-state index contributed by atoms with van der Waals surface area (Å²) in [5.41, 5.74) is 1.44. The van der Waals surface area contributed by atoms with E-state index in [1.807, 2.05) is 30.3 Å². The number of carbonyl (C=O) groups excluding carboxylic acids is 2. The topological polar surface area (TPSA) is 83.1 Å². The lowest BCUT2D eigenvalue weighted by atomic mass is 10.1. The highest BCUT2D eigenvalue weighted by Crippen LogP contribution is 2.29. The Hall–Kier alpha value is -4.00. The summed E-state index contributed by atoms with van der Waals surface area (Å²) < 4.78 is 20.9. The predicted octanol–water partition coefficient (Wildman–Crippen LogP) is 5.17. The second-order valence-electron chi connectivity index (χ2n) is 6.22. The van der Waals surface area contributed by atoms with Crippen LogP contribution in [-0.4, -0.2) is 26.3 Å². The minimum Gasteiger partial charge on any atom is -0.469 e. The van der Waals surface area contributed by atoms with Crippen molar-refractivity contribution in [3.63, 3.8) is 0 Å². The Labute approximate surface area is 174 Å². The van der Waals surface area contributed by atoms with Gasteiger partial charge in [0.05, 0.1) is 20.6 Å². The predicted molar refractivity (Wildman–Crippen MR) is 111 cm³/mol. The number of anilines is 1. The molecule has 3 aromatic rings. The Morgan fingerprint density at radius 3 is 1.83 bits per heavy atom. The molecule has 7 nitrogen and oxygen atoms in total. The Balaban J connectivity index is 1.62. The minimum absolute atomic E-state index is 0.216. The van der Waals surface area contributed by atoms with Crippen molar-refractivity contribution in [2.45, 2.75) is 6.42 Å². The summed E-state index contributed by atoms with van der Waals surface area (Å²) >= 11 is 0. The summed E-state index contributed by atoms with van der Waals surface area (Å²) in [6, 6.07) is 21.3. The molecule has 0 aliphatic rings. The summed E-state index contributed by atoms with van der Waals surface area (Å²) in [4.78, 5) is 22.6. The van der Waals surface area contributed by atoms with Crippen molar-refractivity contribution in [1.29, 1.82) is 0 Å². The molecule has 154 valence electrons. The molecule has 0 bridgehead atoms. The third-order valence-electron chi connectivity index (χ3n) is 4.06. The van der Waals surface area contributed by atoms with E-state index in [0.29, 0.717) is 28.7 Å². The first-order chi connectivity index (χ1) is 14.6. The molecule has 3 aromatic carbocycles. The normalized spacial score (nSPS) is 10.1. The molecule has 0 heterocycles. The fourth-order valence-electron chi connectivity index (χ4n) is 2.56. The van der Waals surface area contributed by atoms with Gasteiger partial charge in [-0.1, -0.05) is 18.2 Å². The Morgan fingerprint density at radius 2 is 1.30 bits per heavy atom. The molecule has 0 atom stereocenters. The van der Waals surface area contributed by atoms with Gasteiger partial charge in [0.15, 0.2) is 0 Å². The number of benzene rings is 3. The van der Waals surface area contributed by atoms with Crippen molar-refractivity contribution in [2.24, 2.45) is 0 Å². The summed E-state index contributed by atoms with van der Waals surface area (Å²) in [7, 11) is 2.67. The van der Waals surface area contributed by atoms with Gasteiger partial charge in [0.1, 0.15) is 23.0 Å². The quantitative estimate of drug-likeness (QED) is 0.545. The van der Waals surface area contributed by atoms with Gasteiger partial charge in [-0.15, -0.1) is 0 Å². The summed E-state index contributed by atoms with van der Waals surface area (Å²) in [6.07, 6.45) is -0.319. The van der Waals surface area contributed by atoms with Crippen molar-refractivity contribution < 1.29 is 28.5 Å². The molecule has 0 aromatic heterocycles. The third-order valence-corrected chi connectivity index (χ3v) is 4.06. The van der Waals surface area contributed by atoms with E-state index >= 15 is 0 Å². The van der Waals surface area contributed by atoms with Crippen molar-refractivity contribution in [1.82, 2.24) is 0 Å². The first-order valence-electron chi connectivity index (χ1n) is 9.12. The maximum Gasteiger partial charge on any atom is 0.411 e. The van der Waals surface area contributed by atoms with Crippen molar-refractivity contribution in [2.75, 3.05) is 19.5 Å². The summed E-state index contributed by atoms with van der Waals surface area (Å²) in [6.45, 7) is 0. The largest absolute Gasteiger partial charge is 0.469 e. The fraction of sp³-hybridized carbons (Fsp3) is 0.130. The number of amides is 1. The van der Waals surface area contributed by atoms with E-state index in [9.17, 15) is 9.59 Å². The monoisotopic (exact) mass is 407 g/mol. The number of methoxy groups -OCH3 is 2. The van der Waals surface area contributed by atoms with Crippen molar-refractivity contribution >= 4 is 17.7 Å². The van der Waals surface area contributed by atoms with E-state index in [2.05, 4.69) is 14.8 Å². The van der Waals surface area contributed by atoms with Crippen LogP contribution in [0.1, 0.15) is 5.56 Å². The highest BCUT2D eigenvalue weighted by Gasteiger charge is 2.06. The first kappa shape index (κ1) is 20.7. The van der Waals surface area contributed by atoms with Gasteiger partial charge in [0, 0.05) is 11.8 Å². The van der Waals surface area contributed by atoms with Crippen molar-refractivity contribution in [3.05, 3.63) is 78.4 Å². The van der Waals surface area contributed by atoms with Gasteiger partial charge in [-0.2, -0.15) is 0 Å². The van der Waals surface area contributed by atoms with E-state index in [4.69, 9.17) is 9.47 Å². The molecule has 1 N–H and O–H groups in total. The molecule has 30 heavy (non-hydrogen) atoms. The molecule has 0 unspecified atom stereocenters. The lowest BCUT2D eigenvalue weighted by molar-refractivity contribution is -0.139. The van der Waals surface area contributed by atoms with Gasteiger partial charge in [-0.05, 0) is 54.1 Å². The minimum atomic E-state index is -0.535. The molecular weight excluding hydrogens is 386 g/mol. The molecule has 1 amide bonds. The number of esters is 1. The van der Waals surface area contributed by atoms with Crippen LogP contribution >= 0.6 is 0 Å². The molecule has 0 aliphatic heterocycles. The number of ether oxygens (including phenoxy) is 4. The Bertz CT molecular complexity index is 920. The maximum atomic E-state index is 11.3. The van der Waals surface area contributed by atoms with Gasteiger partial charge in [0.2, 0.25) is 0 Å². The van der Waals surface area contributed by atoms with Crippen LogP contribution in [0.5, 0.6) is 23.0 Å². The van der Waals surface area contributed by atoms with Crippen LogP contribution in [0.3, 0.4) is 0 Å². The highest BCUT2D eigenvalue weighted by molar-refractivity contribution is 5.84. The average molecular weight is 407 g/mol. The van der Waals surface area contributed by atoms with Gasteiger partial charge in [-0.25, -0.2) is 4.79 Å². The van der Waals surface area contributed by atoms with Crippen LogP contribution < -0.4 is 14.8 Å². The first-order valence-corrected chi connectivity index (χ1v) is 9.12. The lowest BCUT2D eigenvalue weighted by Crippen LogP contribution is -2.10. The summed E-state index contributed by atoms with van der Waals surface area (Å²) in [5, 5.41) is 2.57. The van der Waals surface area contributed by atoms with Gasteiger partial charge in [0.25, 0.3) is 0 Å². The van der Waals surface area contributed by atoms with Crippen LogP contribution in [0.4, 0.5) is 10.5 Å². The lowest BCUT2D eigenvalue weighted by Gasteiger charge is -2.10. The number of carbonyl (C=O) groups is 2. The van der Waals surface area contributed by atoms with Gasteiger partial charge in [-0.3, -0.25) is 10.1 Å². The van der Waals surface area contributed by atoms with E-state index < -0.39 is 6.09 Å². The molecular formula is C23H21NO6. The SMILES string of the molecule is COC(=O)Cc1ccc(Oc2cccc(Oc3ccc(NC(=O)OC)cc3)c2)cc1. The molecule has 0 fully saturated rings. The average Bonchev–Trinajstić information content (AvgIpc) is 2.76. The molecule has 0 saturated heterocycles. The second kappa shape index (κ2) is 9.97. The van der Waals surface area contributed by atoms with Gasteiger partial charge >= 0.3 is 12.1 Å². The second-order valence-corrected chi connectivity index (χ2v) is 6.22. The summed E-state index contributed by atoms with van der Waals surface area (Å²) in [5.74, 6) is 2.16. The number of hydrogen-bond acceptors (Lipinski definition) is 6. The maximum absolute atomic E-state index is 11.3. The van der Waals surface area contributed by atoms with E-state index in [0.717, 1.165) is 5.56 Å².